The first-order valence-corrected chi connectivity index (χ1v) is 12.1. The molecule has 0 aliphatic heterocycles. The molecule has 0 unspecified atom stereocenters. The SMILES string of the molecule is CCSc1ccccc1NC(=O)c1ccc(NS(=O)(=O)c2ccc(C)cc2)cc1Cl. The molecule has 2 N–H and O–H groups in total. The van der Waals surface area contributed by atoms with Crippen molar-refractivity contribution in [3.8, 4) is 0 Å². The Hall–Kier alpha value is -2.48. The topological polar surface area (TPSA) is 75.3 Å². The number of para-hydroxylation sites is 1. The second-order valence-corrected chi connectivity index (χ2v) is 9.89. The van der Waals surface area contributed by atoms with Crippen molar-refractivity contribution in [3.05, 3.63) is 82.9 Å². The second-order valence-electron chi connectivity index (χ2n) is 6.50. The quantitative estimate of drug-likeness (QED) is 0.436. The summed E-state index contributed by atoms with van der Waals surface area (Å²) in [7, 11) is -3.75. The molecule has 0 spiro atoms. The van der Waals surface area contributed by atoms with Crippen LogP contribution in [0.5, 0.6) is 0 Å². The molecule has 30 heavy (non-hydrogen) atoms. The Labute approximate surface area is 185 Å². The van der Waals surface area contributed by atoms with Crippen molar-refractivity contribution < 1.29 is 13.2 Å². The number of sulfonamides is 1. The number of amides is 1. The van der Waals surface area contributed by atoms with Gasteiger partial charge in [0.2, 0.25) is 0 Å². The van der Waals surface area contributed by atoms with E-state index in [1.54, 1.807) is 23.9 Å². The van der Waals surface area contributed by atoms with E-state index >= 15 is 0 Å². The zero-order valence-corrected chi connectivity index (χ0v) is 18.9. The van der Waals surface area contributed by atoms with Crippen LogP contribution in [0.3, 0.4) is 0 Å². The Kier molecular flexibility index (Phi) is 7.07. The predicted octanol–water partition coefficient (Wildman–Crippen LogP) is 5.81. The number of carbonyl (C=O) groups excluding carboxylic acids is 1. The van der Waals surface area contributed by atoms with E-state index in [9.17, 15) is 13.2 Å². The molecule has 5 nitrogen and oxygen atoms in total. The summed E-state index contributed by atoms with van der Waals surface area (Å²) in [5.41, 5.74) is 2.20. The third kappa shape index (κ3) is 5.36. The maximum absolute atomic E-state index is 12.7. The lowest BCUT2D eigenvalue weighted by Gasteiger charge is -2.12. The number of thioether (sulfide) groups is 1. The molecule has 0 aromatic heterocycles. The minimum atomic E-state index is -3.75. The average Bonchev–Trinajstić information content (AvgIpc) is 2.69. The van der Waals surface area contributed by atoms with Crippen LogP contribution in [-0.2, 0) is 10.0 Å². The largest absolute Gasteiger partial charge is 0.321 e. The zero-order valence-electron chi connectivity index (χ0n) is 16.5. The van der Waals surface area contributed by atoms with E-state index in [1.165, 1.54) is 30.3 Å². The number of rotatable bonds is 7. The summed E-state index contributed by atoms with van der Waals surface area (Å²) in [6.07, 6.45) is 0. The number of anilines is 2. The van der Waals surface area contributed by atoms with Gasteiger partial charge in [-0.3, -0.25) is 9.52 Å². The molecule has 0 heterocycles. The van der Waals surface area contributed by atoms with Crippen LogP contribution >= 0.6 is 23.4 Å². The van der Waals surface area contributed by atoms with Crippen molar-refractivity contribution in [2.45, 2.75) is 23.6 Å². The molecule has 0 saturated carbocycles. The third-order valence-electron chi connectivity index (χ3n) is 4.23. The maximum atomic E-state index is 12.7. The van der Waals surface area contributed by atoms with Crippen LogP contribution in [-0.4, -0.2) is 20.1 Å². The first-order chi connectivity index (χ1) is 14.3. The molecule has 0 fully saturated rings. The van der Waals surface area contributed by atoms with Crippen molar-refractivity contribution >= 4 is 50.7 Å². The predicted molar refractivity (Wildman–Crippen MR) is 124 cm³/mol. The van der Waals surface area contributed by atoms with Gasteiger partial charge in [-0.25, -0.2) is 8.42 Å². The summed E-state index contributed by atoms with van der Waals surface area (Å²) >= 11 is 7.91. The summed E-state index contributed by atoms with van der Waals surface area (Å²) < 4.78 is 27.6. The van der Waals surface area contributed by atoms with Crippen LogP contribution in [0.15, 0.2) is 76.5 Å². The molecule has 156 valence electrons. The van der Waals surface area contributed by atoms with Crippen LogP contribution in [0, 0.1) is 6.92 Å². The van der Waals surface area contributed by atoms with E-state index in [0.717, 1.165) is 16.2 Å². The highest BCUT2D eigenvalue weighted by Crippen LogP contribution is 2.29. The van der Waals surface area contributed by atoms with Gasteiger partial charge in [0.1, 0.15) is 0 Å². The van der Waals surface area contributed by atoms with Gasteiger partial charge in [-0.15, -0.1) is 11.8 Å². The van der Waals surface area contributed by atoms with E-state index < -0.39 is 10.0 Å². The smallest absolute Gasteiger partial charge is 0.261 e. The first kappa shape index (κ1) is 22.2. The van der Waals surface area contributed by atoms with Gasteiger partial charge in [-0.1, -0.05) is 48.4 Å². The maximum Gasteiger partial charge on any atom is 0.261 e. The number of carbonyl (C=O) groups is 1. The molecule has 0 radical (unpaired) electrons. The lowest BCUT2D eigenvalue weighted by Crippen LogP contribution is -2.15. The molecule has 3 rings (SSSR count). The highest BCUT2D eigenvalue weighted by Gasteiger charge is 2.17. The van der Waals surface area contributed by atoms with Gasteiger partial charge < -0.3 is 5.32 Å². The molecule has 0 saturated heterocycles. The average molecular weight is 461 g/mol. The van der Waals surface area contributed by atoms with Crippen LogP contribution in [0.25, 0.3) is 0 Å². The summed E-state index contributed by atoms with van der Waals surface area (Å²) in [4.78, 5) is 13.8. The molecule has 0 aliphatic carbocycles. The standard InChI is InChI=1S/C22H21ClN2O3S2/c1-3-29-21-7-5-4-6-20(21)24-22(26)18-13-10-16(14-19(18)23)25-30(27,28)17-11-8-15(2)9-12-17/h4-14,25H,3H2,1-2H3,(H,24,26). The van der Waals surface area contributed by atoms with Crippen molar-refractivity contribution in [1.82, 2.24) is 0 Å². The van der Waals surface area contributed by atoms with Crippen LogP contribution < -0.4 is 10.0 Å². The summed E-state index contributed by atoms with van der Waals surface area (Å²) in [5.74, 6) is 0.515. The number of benzene rings is 3. The fourth-order valence-corrected chi connectivity index (χ4v) is 4.81. The Balaban J connectivity index is 1.78. The minimum Gasteiger partial charge on any atom is -0.321 e. The van der Waals surface area contributed by atoms with Gasteiger partial charge in [0.25, 0.3) is 15.9 Å². The molecule has 0 atom stereocenters. The molecule has 1 amide bonds. The van der Waals surface area contributed by atoms with Gasteiger partial charge in [0.05, 0.1) is 26.9 Å². The summed E-state index contributed by atoms with van der Waals surface area (Å²) in [6, 6.07) is 18.5. The van der Waals surface area contributed by atoms with Crippen molar-refractivity contribution in [3.63, 3.8) is 0 Å². The first-order valence-electron chi connectivity index (χ1n) is 9.22. The monoisotopic (exact) mass is 460 g/mol. The number of hydrogen-bond donors (Lipinski definition) is 2. The highest BCUT2D eigenvalue weighted by atomic mass is 35.5. The third-order valence-corrected chi connectivity index (χ3v) is 6.90. The van der Waals surface area contributed by atoms with E-state index in [4.69, 9.17) is 11.6 Å². The highest BCUT2D eigenvalue weighted by molar-refractivity contribution is 7.99. The number of nitrogens with one attached hydrogen (secondary N) is 2. The van der Waals surface area contributed by atoms with Crippen molar-refractivity contribution in [2.24, 2.45) is 0 Å². The van der Waals surface area contributed by atoms with E-state index in [0.29, 0.717) is 5.69 Å². The van der Waals surface area contributed by atoms with Crippen LogP contribution in [0.4, 0.5) is 11.4 Å². The van der Waals surface area contributed by atoms with Crippen molar-refractivity contribution in [1.29, 1.82) is 0 Å². The normalized spacial score (nSPS) is 11.2. The fourth-order valence-electron chi connectivity index (χ4n) is 2.74. The van der Waals surface area contributed by atoms with Gasteiger partial charge >= 0.3 is 0 Å². The summed E-state index contributed by atoms with van der Waals surface area (Å²) in [5, 5.41) is 3.02. The van der Waals surface area contributed by atoms with Crippen LogP contribution in [0.2, 0.25) is 5.02 Å². The molecule has 3 aromatic rings. The van der Waals surface area contributed by atoms with Gasteiger partial charge in [0.15, 0.2) is 0 Å². The Morgan fingerprint density at radius 3 is 2.40 bits per heavy atom. The van der Waals surface area contributed by atoms with E-state index in [-0.39, 0.29) is 27.1 Å². The lowest BCUT2D eigenvalue weighted by molar-refractivity contribution is 0.102. The Bertz CT molecular complexity index is 1160. The van der Waals surface area contributed by atoms with E-state index in [2.05, 4.69) is 10.0 Å². The molecular formula is C22H21ClN2O3S2. The number of halogens is 1. The molecule has 8 heteroatoms. The fraction of sp³-hybridized carbons (Fsp3) is 0.136. The Morgan fingerprint density at radius 2 is 1.73 bits per heavy atom. The summed E-state index contributed by atoms with van der Waals surface area (Å²) in [6.45, 7) is 3.92. The zero-order chi connectivity index (χ0) is 21.7. The Morgan fingerprint density at radius 1 is 1.03 bits per heavy atom. The lowest BCUT2D eigenvalue weighted by atomic mass is 10.2. The van der Waals surface area contributed by atoms with Gasteiger partial charge in [-0.2, -0.15) is 0 Å². The second kappa shape index (κ2) is 9.55. The van der Waals surface area contributed by atoms with Gasteiger partial charge in [0, 0.05) is 4.90 Å². The minimum absolute atomic E-state index is 0.149. The molecule has 3 aromatic carbocycles. The number of hydrogen-bond acceptors (Lipinski definition) is 4. The van der Waals surface area contributed by atoms with Gasteiger partial charge in [-0.05, 0) is 55.1 Å². The van der Waals surface area contributed by atoms with Crippen LogP contribution in [0.1, 0.15) is 22.8 Å². The molecular weight excluding hydrogens is 440 g/mol. The molecule has 0 bridgehead atoms. The number of aryl methyl sites for hydroxylation is 1. The molecule has 0 aliphatic rings. The van der Waals surface area contributed by atoms with Crippen molar-refractivity contribution in [2.75, 3.05) is 15.8 Å². The van der Waals surface area contributed by atoms with E-state index in [1.807, 2.05) is 38.1 Å².